The van der Waals surface area contributed by atoms with E-state index < -0.39 is 0 Å². The maximum absolute atomic E-state index is 14.0. The first kappa shape index (κ1) is 29.9. The molecule has 6 nitrogen and oxygen atoms in total. The van der Waals surface area contributed by atoms with Gasteiger partial charge in [-0.3, -0.25) is 14.5 Å². The molecule has 0 spiro atoms. The van der Waals surface area contributed by atoms with Gasteiger partial charge in [0.1, 0.15) is 5.75 Å². The molecule has 6 rings (SSSR count). The van der Waals surface area contributed by atoms with E-state index in [1.54, 1.807) is 12.1 Å². The minimum absolute atomic E-state index is 0.0429. The van der Waals surface area contributed by atoms with E-state index in [-0.39, 0.29) is 47.3 Å². The molecule has 44 heavy (non-hydrogen) atoms. The molecule has 0 bridgehead atoms. The second-order valence-electron chi connectivity index (χ2n) is 12.6. The van der Waals surface area contributed by atoms with Crippen LogP contribution in [-0.2, 0) is 14.3 Å². The van der Waals surface area contributed by atoms with Gasteiger partial charge in [0.25, 0.3) is 0 Å². The fraction of sp³-hybridized carbons (Fsp3) is 0.368. The Labute approximate surface area is 260 Å². The predicted molar refractivity (Wildman–Crippen MR) is 176 cm³/mol. The Morgan fingerprint density at radius 2 is 1.64 bits per heavy atom. The van der Waals surface area contributed by atoms with Crippen LogP contribution in [0, 0.1) is 23.7 Å². The Morgan fingerprint density at radius 3 is 2.32 bits per heavy atom. The van der Waals surface area contributed by atoms with Gasteiger partial charge >= 0.3 is 0 Å². The molecule has 2 saturated heterocycles. The quantitative estimate of drug-likeness (QED) is 0.184. The third kappa shape index (κ3) is 5.96. The Hall–Kier alpha value is -4.16. The number of amides is 2. The van der Waals surface area contributed by atoms with Crippen molar-refractivity contribution in [2.75, 3.05) is 16.8 Å². The number of para-hydroxylation sites is 1. The van der Waals surface area contributed by atoms with Crippen molar-refractivity contribution in [1.82, 2.24) is 0 Å². The fourth-order valence-corrected chi connectivity index (χ4v) is 7.31. The third-order valence-electron chi connectivity index (χ3n) is 9.39. The van der Waals surface area contributed by atoms with Gasteiger partial charge in [0.05, 0.1) is 30.2 Å². The number of carbonyl (C=O) groups is 2. The average molecular weight is 591 g/mol. The van der Waals surface area contributed by atoms with E-state index >= 15 is 0 Å². The van der Waals surface area contributed by atoms with Gasteiger partial charge < -0.3 is 15.2 Å². The molecule has 6 heteroatoms. The highest BCUT2D eigenvalue weighted by atomic mass is 16.5. The van der Waals surface area contributed by atoms with Crippen molar-refractivity contribution in [2.24, 2.45) is 23.7 Å². The van der Waals surface area contributed by atoms with Crippen LogP contribution >= 0.6 is 0 Å². The summed E-state index contributed by atoms with van der Waals surface area (Å²) < 4.78 is 6.47. The molecule has 0 unspecified atom stereocenters. The molecule has 3 aliphatic rings. The normalized spacial score (nSPS) is 23.4. The van der Waals surface area contributed by atoms with E-state index in [2.05, 4.69) is 32.2 Å². The lowest BCUT2D eigenvalue weighted by Gasteiger charge is -2.33. The summed E-state index contributed by atoms with van der Waals surface area (Å²) in [5.74, 6) is -0.432. The number of rotatable bonds is 10. The first-order valence-corrected chi connectivity index (χ1v) is 16.0. The highest BCUT2D eigenvalue weighted by Crippen LogP contribution is 2.52. The topological polar surface area (TPSA) is 78.9 Å². The molecule has 4 atom stereocenters. The number of aromatic hydroxyl groups is 1. The van der Waals surface area contributed by atoms with E-state index in [0.717, 1.165) is 42.6 Å². The van der Waals surface area contributed by atoms with Crippen molar-refractivity contribution in [3.63, 3.8) is 0 Å². The van der Waals surface area contributed by atoms with Gasteiger partial charge in [-0.1, -0.05) is 74.7 Å². The van der Waals surface area contributed by atoms with Crippen LogP contribution in [0.3, 0.4) is 0 Å². The van der Waals surface area contributed by atoms with Gasteiger partial charge in [-0.25, -0.2) is 0 Å². The molecule has 2 N–H and O–H groups in total. The summed E-state index contributed by atoms with van der Waals surface area (Å²) in [6.45, 7) is 7.06. The summed E-state index contributed by atoms with van der Waals surface area (Å²) in [5, 5.41) is 13.0. The van der Waals surface area contributed by atoms with Gasteiger partial charge in [0, 0.05) is 17.3 Å². The zero-order valence-electron chi connectivity index (χ0n) is 25.8. The first-order valence-electron chi connectivity index (χ1n) is 16.0. The number of fused-ring (bicyclic) bond motifs is 3. The lowest BCUT2D eigenvalue weighted by molar-refractivity contribution is -0.122. The van der Waals surface area contributed by atoms with Crippen LogP contribution in [0.5, 0.6) is 5.75 Å². The number of nitrogens with one attached hydrogen (secondary N) is 1. The first-order chi connectivity index (χ1) is 21.3. The summed E-state index contributed by atoms with van der Waals surface area (Å²) in [6.07, 6.45) is 6.61. The number of hydrogen-bond acceptors (Lipinski definition) is 5. The van der Waals surface area contributed by atoms with Crippen LogP contribution in [0.15, 0.2) is 95.6 Å². The number of ether oxygens (including phenoxy) is 1. The van der Waals surface area contributed by atoms with Gasteiger partial charge in [0.15, 0.2) is 0 Å². The molecule has 0 saturated carbocycles. The van der Waals surface area contributed by atoms with Crippen LogP contribution in [0.2, 0.25) is 0 Å². The molecule has 2 amide bonds. The standard InChI is InChI=1S/C38H42N2O4/c1-4-8-25(21-26-11-18-30(41)19-12-26)13-20-34-35-31(24(2)3)22-32-36(33(35)23-44-34)38(43)40(37(32)42)29-16-14-28(15-17-29)39-27-9-6-5-7-10-27/h5-7,9-12,14-19,21,24,32-34,36,39,41H,4,8,13,20,22-23H2,1-3H3/b25-21+/t32-,33+,34-,36-/m1/s1. The third-order valence-corrected chi connectivity index (χ3v) is 9.39. The number of nitrogens with zero attached hydrogens (tertiary/aromatic N) is 1. The second-order valence-corrected chi connectivity index (χ2v) is 12.6. The van der Waals surface area contributed by atoms with E-state index in [0.29, 0.717) is 18.7 Å². The lowest BCUT2D eigenvalue weighted by Crippen LogP contribution is -2.35. The van der Waals surface area contributed by atoms with E-state index in [1.165, 1.54) is 21.6 Å². The number of phenols is 1. The molecule has 2 heterocycles. The maximum atomic E-state index is 14.0. The van der Waals surface area contributed by atoms with Crippen LogP contribution in [-0.4, -0.2) is 29.6 Å². The van der Waals surface area contributed by atoms with Crippen molar-refractivity contribution in [2.45, 2.75) is 59.0 Å². The summed E-state index contributed by atoms with van der Waals surface area (Å²) in [4.78, 5) is 29.3. The van der Waals surface area contributed by atoms with Crippen LogP contribution in [0.4, 0.5) is 17.1 Å². The SMILES string of the molecule is CCC/C(=C\c1ccc(O)cc1)CC[C@H]1OC[C@H]2C1=C(C(C)C)C[C@H]1C(=O)N(c3ccc(Nc4ccccc4)cc3)C(=O)[C@H]12. The maximum Gasteiger partial charge on any atom is 0.238 e. The van der Waals surface area contributed by atoms with Crippen molar-refractivity contribution in [1.29, 1.82) is 0 Å². The molecule has 3 aromatic carbocycles. The molecule has 228 valence electrons. The number of imide groups is 1. The van der Waals surface area contributed by atoms with Crippen molar-refractivity contribution in [3.8, 4) is 5.75 Å². The Kier molecular flexibility index (Phi) is 8.72. The molecule has 2 aliphatic heterocycles. The van der Waals surface area contributed by atoms with Gasteiger partial charge in [0.2, 0.25) is 11.8 Å². The minimum atomic E-state index is -0.380. The van der Waals surface area contributed by atoms with Crippen LogP contribution in [0.25, 0.3) is 6.08 Å². The zero-order chi connectivity index (χ0) is 30.8. The lowest BCUT2D eigenvalue weighted by atomic mass is 9.67. The summed E-state index contributed by atoms with van der Waals surface area (Å²) in [6, 6.07) is 24.8. The van der Waals surface area contributed by atoms with Gasteiger partial charge in [-0.15, -0.1) is 0 Å². The number of hydrogen-bond donors (Lipinski definition) is 2. The van der Waals surface area contributed by atoms with Gasteiger partial charge in [-0.05, 0) is 91.3 Å². The summed E-state index contributed by atoms with van der Waals surface area (Å²) in [7, 11) is 0. The molecule has 0 aromatic heterocycles. The summed E-state index contributed by atoms with van der Waals surface area (Å²) in [5.41, 5.74) is 7.51. The van der Waals surface area contributed by atoms with E-state index in [9.17, 15) is 14.7 Å². The number of anilines is 3. The molecular formula is C38H42N2O4. The highest BCUT2D eigenvalue weighted by Gasteiger charge is 2.57. The molecule has 3 aromatic rings. The number of phenolic OH excluding ortho intramolecular Hbond substituents is 1. The summed E-state index contributed by atoms with van der Waals surface area (Å²) >= 11 is 0. The zero-order valence-corrected chi connectivity index (χ0v) is 25.8. The fourth-order valence-electron chi connectivity index (χ4n) is 7.31. The van der Waals surface area contributed by atoms with Crippen molar-refractivity contribution >= 4 is 35.0 Å². The largest absolute Gasteiger partial charge is 0.508 e. The van der Waals surface area contributed by atoms with Gasteiger partial charge in [-0.2, -0.15) is 0 Å². The minimum Gasteiger partial charge on any atom is -0.508 e. The van der Waals surface area contributed by atoms with E-state index in [4.69, 9.17) is 4.74 Å². The predicted octanol–water partition coefficient (Wildman–Crippen LogP) is 8.28. The molecule has 1 aliphatic carbocycles. The molecule has 0 radical (unpaired) electrons. The number of benzene rings is 3. The van der Waals surface area contributed by atoms with Crippen LogP contribution < -0.4 is 10.2 Å². The molecule has 2 fully saturated rings. The smallest absolute Gasteiger partial charge is 0.238 e. The Balaban J connectivity index is 1.20. The van der Waals surface area contributed by atoms with Crippen molar-refractivity contribution < 1.29 is 19.4 Å². The van der Waals surface area contributed by atoms with E-state index in [1.807, 2.05) is 66.7 Å². The van der Waals surface area contributed by atoms with Crippen LogP contribution in [0.1, 0.15) is 58.4 Å². The number of carbonyl (C=O) groups excluding carboxylic acids is 2. The Morgan fingerprint density at radius 1 is 0.932 bits per heavy atom. The average Bonchev–Trinajstić information content (AvgIpc) is 3.55. The van der Waals surface area contributed by atoms with Crippen molar-refractivity contribution in [3.05, 3.63) is 101 Å². The Bertz CT molecular complexity index is 1560. The number of allylic oxidation sites excluding steroid dienone is 2. The molecular weight excluding hydrogens is 548 g/mol. The monoisotopic (exact) mass is 590 g/mol. The second kappa shape index (κ2) is 12.8. The highest BCUT2D eigenvalue weighted by molar-refractivity contribution is 6.22.